The molecule has 0 unspecified atom stereocenters. The van der Waals surface area contributed by atoms with Gasteiger partial charge in [-0.1, -0.05) is 48.0 Å². The fraction of sp³-hybridized carbons (Fsp3) is 0.276. The number of nitrogens with zero attached hydrogens (tertiary/aromatic N) is 3. The smallest absolute Gasteiger partial charge is 0.278 e. The van der Waals surface area contributed by atoms with Crippen molar-refractivity contribution in [2.75, 3.05) is 13.1 Å². The second-order valence-electron chi connectivity index (χ2n) is 8.89. The van der Waals surface area contributed by atoms with Gasteiger partial charge in [0.2, 0.25) is 0 Å². The molecule has 5 heteroatoms. The molecule has 5 nitrogen and oxygen atoms in total. The van der Waals surface area contributed by atoms with E-state index in [1.165, 1.54) is 4.90 Å². The first-order valence-corrected chi connectivity index (χ1v) is 11.8. The zero-order valence-electron chi connectivity index (χ0n) is 20.3. The number of carbonyl (C=O) groups excluding carboxylic acids is 2. The maximum absolute atomic E-state index is 13.7. The minimum atomic E-state index is -0.230. The Kier molecular flexibility index (Phi) is 6.92. The minimum Gasteiger partial charge on any atom is -0.366 e. The monoisotopic (exact) mass is 453 g/mol. The van der Waals surface area contributed by atoms with E-state index in [-0.39, 0.29) is 18.4 Å². The van der Waals surface area contributed by atoms with Crippen molar-refractivity contribution in [1.82, 2.24) is 14.8 Å². The number of hydrogen-bond donors (Lipinski definition) is 0. The third-order valence-electron chi connectivity index (χ3n) is 6.52. The molecular weight excluding hydrogens is 422 g/mol. The standard InChI is InChI=1S/C29H31N3O2/c1-5-31(17-14-23-12-15-30-16-13-23)27-26(25-11-8-21(3)22(4)18-25)28(33)32(29(27)34)19-24-9-6-20(2)7-10-24/h6-13,15-16,18H,5,14,17,19H2,1-4H3. The summed E-state index contributed by atoms with van der Waals surface area (Å²) in [6, 6.07) is 17.9. The van der Waals surface area contributed by atoms with Gasteiger partial charge in [-0.2, -0.15) is 0 Å². The molecule has 3 aromatic rings. The molecular formula is C29H31N3O2. The van der Waals surface area contributed by atoms with Gasteiger partial charge in [0, 0.05) is 25.5 Å². The molecule has 0 bridgehead atoms. The Hall–Kier alpha value is -3.73. The zero-order chi connectivity index (χ0) is 24.2. The number of aryl methyl sites for hydroxylation is 3. The molecule has 0 atom stereocenters. The number of hydrogen-bond acceptors (Lipinski definition) is 4. The van der Waals surface area contributed by atoms with Crippen molar-refractivity contribution in [3.63, 3.8) is 0 Å². The lowest BCUT2D eigenvalue weighted by atomic mass is 9.99. The Balaban J connectivity index is 1.72. The minimum absolute atomic E-state index is 0.226. The highest BCUT2D eigenvalue weighted by molar-refractivity contribution is 6.35. The number of benzene rings is 2. The third-order valence-corrected chi connectivity index (χ3v) is 6.52. The second kappa shape index (κ2) is 10.0. The van der Waals surface area contributed by atoms with Crippen LogP contribution >= 0.6 is 0 Å². The van der Waals surface area contributed by atoms with Gasteiger partial charge in [-0.3, -0.25) is 19.5 Å². The Labute approximate surface area is 201 Å². The van der Waals surface area contributed by atoms with E-state index in [9.17, 15) is 9.59 Å². The summed E-state index contributed by atoms with van der Waals surface area (Å²) in [5.74, 6) is -0.457. The van der Waals surface area contributed by atoms with E-state index in [0.717, 1.165) is 39.8 Å². The van der Waals surface area contributed by atoms with Gasteiger partial charge in [0.15, 0.2) is 0 Å². The Bertz CT molecular complexity index is 1230. The summed E-state index contributed by atoms with van der Waals surface area (Å²) in [4.78, 5) is 34.9. The van der Waals surface area contributed by atoms with Crippen LogP contribution in [0.2, 0.25) is 0 Å². The number of imide groups is 1. The van der Waals surface area contributed by atoms with Crippen LogP contribution in [0.15, 0.2) is 72.7 Å². The van der Waals surface area contributed by atoms with Crippen LogP contribution in [0.3, 0.4) is 0 Å². The highest BCUT2D eigenvalue weighted by atomic mass is 16.2. The van der Waals surface area contributed by atoms with Gasteiger partial charge in [0.05, 0.1) is 12.1 Å². The lowest BCUT2D eigenvalue weighted by molar-refractivity contribution is -0.138. The number of aromatic nitrogens is 1. The van der Waals surface area contributed by atoms with Crippen LogP contribution in [0.25, 0.3) is 5.57 Å². The SMILES string of the molecule is CCN(CCc1ccncc1)C1=C(c2ccc(C)c(C)c2)C(=O)N(Cc2ccc(C)cc2)C1=O. The predicted octanol–water partition coefficient (Wildman–Crippen LogP) is 4.85. The molecule has 34 heavy (non-hydrogen) atoms. The quantitative estimate of drug-likeness (QED) is 0.458. The summed E-state index contributed by atoms with van der Waals surface area (Å²) in [6.45, 7) is 9.66. The largest absolute Gasteiger partial charge is 0.366 e. The lowest BCUT2D eigenvalue weighted by Gasteiger charge is -2.25. The first-order chi connectivity index (χ1) is 16.4. The van der Waals surface area contributed by atoms with Crippen molar-refractivity contribution in [2.45, 2.75) is 40.7 Å². The molecule has 2 amide bonds. The molecule has 0 aliphatic carbocycles. The van der Waals surface area contributed by atoms with Crippen molar-refractivity contribution in [3.05, 3.63) is 106 Å². The first kappa shape index (κ1) is 23.4. The van der Waals surface area contributed by atoms with Crippen molar-refractivity contribution >= 4 is 17.4 Å². The highest BCUT2D eigenvalue weighted by Crippen LogP contribution is 2.33. The maximum atomic E-state index is 13.7. The molecule has 4 rings (SSSR count). The molecule has 0 spiro atoms. The normalized spacial score (nSPS) is 13.7. The molecule has 0 radical (unpaired) electrons. The van der Waals surface area contributed by atoms with Gasteiger partial charge < -0.3 is 4.90 Å². The third kappa shape index (κ3) is 4.79. The van der Waals surface area contributed by atoms with Crippen molar-refractivity contribution in [1.29, 1.82) is 0 Å². The van der Waals surface area contributed by atoms with Gasteiger partial charge >= 0.3 is 0 Å². The number of amides is 2. The second-order valence-corrected chi connectivity index (χ2v) is 8.89. The van der Waals surface area contributed by atoms with E-state index in [1.807, 2.05) is 87.2 Å². The van der Waals surface area contributed by atoms with E-state index in [2.05, 4.69) is 4.98 Å². The van der Waals surface area contributed by atoms with Crippen molar-refractivity contribution < 1.29 is 9.59 Å². The molecule has 1 aliphatic rings. The Morgan fingerprint density at radius 1 is 0.824 bits per heavy atom. The number of likely N-dealkylation sites (N-methyl/N-ethyl adjacent to an activating group) is 1. The van der Waals surface area contributed by atoms with Crippen LogP contribution in [0.4, 0.5) is 0 Å². The van der Waals surface area contributed by atoms with Crippen LogP contribution in [0.5, 0.6) is 0 Å². The molecule has 174 valence electrons. The average Bonchev–Trinajstić information content (AvgIpc) is 3.08. The van der Waals surface area contributed by atoms with Gasteiger partial charge in [-0.15, -0.1) is 0 Å². The number of carbonyl (C=O) groups is 2. The average molecular weight is 454 g/mol. The lowest BCUT2D eigenvalue weighted by Crippen LogP contribution is -2.35. The molecule has 0 N–H and O–H groups in total. The zero-order valence-corrected chi connectivity index (χ0v) is 20.3. The number of rotatable bonds is 8. The summed E-state index contributed by atoms with van der Waals surface area (Å²) in [7, 11) is 0. The molecule has 0 saturated heterocycles. The van der Waals surface area contributed by atoms with Crippen molar-refractivity contribution in [3.8, 4) is 0 Å². The van der Waals surface area contributed by atoms with E-state index < -0.39 is 0 Å². The van der Waals surface area contributed by atoms with Crippen molar-refractivity contribution in [2.24, 2.45) is 0 Å². The fourth-order valence-electron chi connectivity index (χ4n) is 4.27. The first-order valence-electron chi connectivity index (χ1n) is 11.8. The van der Waals surface area contributed by atoms with Gasteiger partial charge in [-0.25, -0.2) is 0 Å². The van der Waals surface area contributed by atoms with Gasteiger partial charge in [0.25, 0.3) is 11.8 Å². The van der Waals surface area contributed by atoms with Crippen LogP contribution in [-0.4, -0.2) is 39.7 Å². The highest BCUT2D eigenvalue weighted by Gasteiger charge is 2.41. The molecule has 0 saturated carbocycles. The van der Waals surface area contributed by atoms with Crippen LogP contribution in [-0.2, 0) is 22.6 Å². The van der Waals surface area contributed by atoms with Gasteiger partial charge in [-0.05, 0) is 74.1 Å². The fourth-order valence-corrected chi connectivity index (χ4v) is 4.27. The summed E-state index contributed by atoms with van der Waals surface area (Å²) < 4.78 is 0. The maximum Gasteiger partial charge on any atom is 0.278 e. The van der Waals surface area contributed by atoms with Crippen LogP contribution < -0.4 is 0 Å². The molecule has 1 aromatic heterocycles. The van der Waals surface area contributed by atoms with E-state index in [1.54, 1.807) is 12.4 Å². The topological polar surface area (TPSA) is 53.5 Å². The molecule has 1 aliphatic heterocycles. The Morgan fingerprint density at radius 3 is 2.18 bits per heavy atom. The predicted molar refractivity (Wildman–Crippen MR) is 135 cm³/mol. The summed E-state index contributed by atoms with van der Waals surface area (Å²) >= 11 is 0. The van der Waals surface area contributed by atoms with E-state index in [4.69, 9.17) is 0 Å². The van der Waals surface area contributed by atoms with E-state index >= 15 is 0 Å². The molecule has 2 aromatic carbocycles. The summed E-state index contributed by atoms with van der Waals surface area (Å²) in [5, 5.41) is 0. The van der Waals surface area contributed by atoms with Crippen LogP contribution in [0.1, 0.15) is 40.3 Å². The Morgan fingerprint density at radius 2 is 1.53 bits per heavy atom. The number of pyridine rings is 1. The molecule has 0 fully saturated rings. The van der Waals surface area contributed by atoms with Gasteiger partial charge in [0.1, 0.15) is 5.70 Å². The van der Waals surface area contributed by atoms with Crippen LogP contribution in [0, 0.1) is 20.8 Å². The molecule has 2 heterocycles. The van der Waals surface area contributed by atoms with E-state index in [0.29, 0.717) is 24.4 Å². The summed E-state index contributed by atoms with van der Waals surface area (Å²) in [5.41, 5.74) is 7.28. The summed E-state index contributed by atoms with van der Waals surface area (Å²) in [6.07, 6.45) is 4.32.